The summed E-state index contributed by atoms with van der Waals surface area (Å²) in [6.07, 6.45) is 2.74. The van der Waals surface area contributed by atoms with E-state index in [4.69, 9.17) is 0 Å². The highest BCUT2D eigenvalue weighted by atomic mass is 16.3. The molecule has 1 saturated heterocycles. The maximum Gasteiger partial charge on any atom is 0.222 e. The van der Waals surface area contributed by atoms with Crippen LogP contribution < -0.4 is 0 Å². The van der Waals surface area contributed by atoms with Crippen LogP contribution in [0.15, 0.2) is 0 Å². The van der Waals surface area contributed by atoms with E-state index < -0.39 is 0 Å². The van der Waals surface area contributed by atoms with Gasteiger partial charge in [-0.05, 0) is 18.8 Å². The highest BCUT2D eigenvalue weighted by Crippen LogP contribution is 2.18. The van der Waals surface area contributed by atoms with Crippen molar-refractivity contribution in [2.45, 2.75) is 39.2 Å². The molecule has 0 spiro atoms. The molecule has 0 aliphatic carbocycles. The summed E-state index contributed by atoms with van der Waals surface area (Å²) in [7, 11) is 0. The molecule has 0 aromatic carbocycles. The summed E-state index contributed by atoms with van der Waals surface area (Å²) in [5.41, 5.74) is 0. The SMILES string of the molecule is CC(C)C(CO)N1CCCCC1=O. The lowest BCUT2D eigenvalue weighted by atomic mass is 10.00. The van der Waals surface area contributed by atoms with Gasteiger partial charge in [-0.1, -0.05) is 13.8 Å². The molecule has 0 bridgehead atoms. The molecule has 1 rings (SSSR count). The molecule has 1 fully saturated rings. The zero-order valence-corrected chi connectivity index (χ0v) is 8.49. The van der Waals surface area contributed by atoms with Gasteiger partial charge < -0.3 is 10.0 Å². The Labute approximate surface area is 79.7 Å². The van der Waals surface area contributed by atoms with Gasteiger partial charge in [-0.3, -0.25) is 4.79 Å². The molecule has 1 heterocycles. The van der Waals surface area contributed by atoms with Gasteiger partial charge in [0.25, 0.3) is 0 Å². The molecule has 1 atom stereocenters. The van der Waals surface area contributed by atoms with Crippen LogP contribution in [0, 0.1) is 5.92 Å². The molecule has 1 aliphatic heterocycles. The fourth-order valence-electron chi connectivity index (χ4n) is 1.85. The number of rotatable bonds is 3. The molecule has 1 aliphatic rings. The van der Waals surface area contributed by atoms with Crippen molar-refractivity contribution in [3.63, 3.8) is 0 Å². The quantitative estimate of drug-likeness (QED) is 0.713. The first-order valence-electron chi connectivity index (χ1n) is 5.07. The van der Waals surface area contributed by atoms with Crippen molar-refractivity contribution < 1.29 is 9.90 Å². The van der Waals surface area contributed by atoms with Crippen LogP contribution in [-0.4, -0.2) is 35.1 Å². The fourth-order valence-corrected chi connectivity index (χ4v) is 1.85. The van der Waals surface area contributed by atoms with Crippen molar-refractivity contribution in [2.75, 3.05) is 13.2 Å². The highest BCUT2D eigenvalue weighted by molar-refractivity contribution is 5.77. The zero-order valence-electron chi connectivity index (χ0n) is 8.49. The van der Waals surface area contributed by atoms with E-state index in [1.165, 1.54) is 0 Å². The highest BCUT2D eigenvalue weighted by Gasteiger charge is 2.27. The van der Waals surface area contributed by atoms with E-state index >= 15 is 0 Å². The van der Waals surface area contributed by atoms with Crippen LogP contribution in [0.3, 0.4) is 0 Å². The Morgan fingerprint density at radius 2 is 2.15 bits per heavy atom. The van der Waals surface area contributed by atoms with Crippen molar-refractivity contribution in [3.05, 3.63) is 0 Å². The summed E-state index contributed by atoms with van der Waals surface area (Å²) in [5.74, 6) is 0.547. The van der Waals surface area contributed by atoms with Crippen LogP contribution in [-0.2, 0) is 4.79 Å². The standard InChI is InChI=1S/C10H19NO2/c1-8(2)9(7-12)11-6-4-3-5-10(11)13/h8-9,12H,3-7H2,1-2H3. The van der Waals surface area contributed by atoms with E-state index in [9.17, 15) is 9.90 Å². The molecular formula is C10H19NO2. The minimum atomic E-state index is 0.0211. The van der Waals surface area contributed by atoms with Gasteiger partial charge in [0.15, 0.2) is 0 Å². The first-order valence-corrected chi connectivity index (χ1v) is 5.07. The van der Waals surface area contributed by atoms with Crippen molar-refractivity contribution >= 4 is 5.91 Å². The van der Waals surface area contributed by atoms with Crippen LogP contribution >= 0.6 is 0 Å². The van der Waals surface area contributed by atoms with Crippen molar-refractivity contribution in [2.24, 2.45) is 5.92 Å². The van der Waals surface area contributed by atoms with E-state index in [1.807, 2.05) is 18.7 Å². The molecule has 0 aromatic heterocycles. The van der Waals surface area contributed by atoms with Gasteiger partial charge in [0.05, 0.1) is 12.6 Å². The summed E-state index contributed by atoms with van der Waals surface area (Å²) < 4.78 is 0. The summed E-state index contributed by atoms with van der Waals surface area (Å²) >= 11 is 0. The second-order valence-electron chi connectivity index (χ2n) is 4.04. The first kappa shape index (κ1) is 10.5. The summed E-state index contributed by atoms with van der Waals surface area (Å²) in [4.78, 5) is 13.4. The normalized spacial score (nSPS) is 20.9. The molecule has 0 radical (unpaired) electrons. The van der Waals surface area contributed by atoms with Crippen LogP contribution in [0.25, 0.3) is 0 Å². The van der Waals surface area contributed by atoms with E-state index in [0.29, 0.717) is 12.3 Å². The lowest BCUT2D eigenvalue weighted by Crippen LogP contribution is -2.47. The predicted molar refractivity (Wildman–Crippen MR) is 51.3 cm³/mol. The van der Waals surface area contributed by atoms with Crippen LogP contribution in [0.4, 0.5) is 0 Å². The summed E-state index contributed by atoms with van der Waals surface area (Å²) in [6, 6.07) is 0.0211. The Hall–Kier alpha value is -0.570. The average Bonchev–Trinajstić information content (AvgIpc) is 2.09. The monoisotopic (exact) mass is 185 g/mol. The number of nitrogens with zero attached hydrogens (tertiary/aromatic N) is 1. The van der Waals surface area contributed by atoms with Crippen molar-refractivity contribution in [1.82, 2.24) is 4.90 Å². The van der Waals surface area contributed by atoms with Gasteiger partial charge in [0.2, 0.25) is 5.91 Å². The largest absolute Gasteiger partial charge is 0.394 e. The lowest BCUT2D eigenvalue weighted by Gasteiger charge is -2.35. The number of amides is 1. The molecule has 1 N–H and O–H groups in total. The molecule has 13 heavy (non-hydrogen) atoms. The number of likely N-dealkylation sites (tertiary alicyclic amines) is 1. The average molecular weight is 185 g/mol. The van der Waals surface area contributed by atoms with Crippen molar-refractivity contribution in [3.8, 4) is 0 Å². The summed E-state index contributed by atoms with van der Waals surface area (Å²) in [6.45, 7) is 5.00. The van der Waals surface area contributed by atoms with E-state index in [2.05, 4.69) is 0 Å². The maximum atomic E-state index is 11.5. The molecule has 1 amide bonds. The van der Waals surface area contributed by atoms with Gasteiger partial charge in [0.1, 0.15) is 0 Å². The third-order valence-electron chi connectivity index (χ3n) is 2.72. The van der Waals surface area contributed by atoms with Crippen molar-refractivity contribution in [1.29, 1.82) is 0 Å². The lowest BCUT2D eigenvalue weighted by molar-refractivity contribution is -0.138. The van der Waals surface area contributed by atoms with E-state index in [0.717, 1.165) is 19.4 Å². The fraction of sp³-hybridized carbons (Fsp3) is 0.900. The van der Waals surface area contributed by atoms with Gasteiger partial charge in [0, 0.05) is 13.0 Å². The zero-order chi connectivity index (χ0) is 9.84. The number of aliphatic hydroxyl groups is 1. The topological polar surface area (TPSA) is 40.5 Å². The van der Waals surface area contributed by atoms with Crippen LogP contribution in [0.5, 0.6) is 0 Å². The minimum absolute atomic E-state index is 0.0211. The van der Waals surface area contributed by atoms with Crippen LogP contribution in [0.2, 0.25) is 0 Å². The number of piperidine rings is 1. The Morgan fingerprint density at radius 3 is 2.62 bits per heavy atom. The molecule has 3 heteroatoms. The van der Waals surface area contributed by atoms with Crippen LogP contribution in [0.1, 0.15) is 33.1 Å². The Bertz CT molecular complexity index is 180. The number of hydrogen-bond acceptors (Lipinski definition) is 2. The van der Waals surface area contributed by atoms with Gasteiger partial charge in [-0.25, -0.2) is 0 Å². The molecule has 3 nitrogen and oxygen atoms in total. The van der Waals surface area contributed by atoms with Gasteiger partial charge in [-0.15, -0.1) is 0 Å². The molecule has 0 saturated carbocycles. The summed E-state index contributed by atoms with van der Waals surface area (Å²) in [5, 5.41) is 9.17. The molecule has 0 aromatic rings. The Balaban J connectivity index is 2.60. The maximum absolute atomic E-state index is 11.5. The van der Waals surface area contributed by atoms with Gasteiger partial charge in [-0.2, -0.15) is 0 Å². The predicted octanol–water partition coefficient (Wildman–Crippen LogP) is 1.02. The third-order valence-corrected chi connectivity index (χ3v) is 2.72. The van der Waals surface area contributed by atoms with E-state index in [-0.39, 0.29) is 18.6 Å². The Morgan fingerprint density at radius 1 is 1.46 bits per heavy atom. The number of hydrogen-bond donors (Lipinski definition) is 1. The first-order chi connectivity index (χ1) is 6.16. The van der Waals surface area contributed by atoms with E-state index in [1.54, 1.807) is 0 Å². The smallest absolute Gasteiger partial charge is 0.222 e. The second-order valence-corrected chi connectivity index (χ2v) is 4.04. The molecular weight excluding hydrogens is 166 g/mol. The second kappa shape index (κ2) is 4.61. The number of carbonyl (C=O) groups excluding carboxylic acids is 1. The molecule has 1 unspecified atom stereocenters. The number of aliphatic hydroxyl groups excluding tert-OH is 1. The van der Waals surface area contributed by atoms with Gasteiger partial charge >= 0.3 is 0 Å². The minimum Gasteiger partial charge on any atom is -0.394 e. The Kier molecular flexibility index (Phi) is 3.72. The molecule has 76 valence electrons. The number of carbonyl (C=O) groups is 1. The third kappa shape index (κ3) is 2.44.